The van der Waals surface area contributed by atoms with E-state index < -0.39 is 0 Å². The predicted molar refractivity (Wildman–Crippen MR) is 89.1 cm³/mol. The Morgan fingerprint density at radius 2 is 1.95 bits per heavy atom. The minimum atomic E-state index is 0.393. The van der Waals surface area contributed by atoms with Gasteiger partial charge in [0.05, 0.1) is 0 Å². The van der Waals surface area contributed by atoms with Crippen LogP contribution in [-0.4, -0.2) is 4.99 Å². The first-order chi connectivity index (χ1) is 9.11. The zero-order chi connectivity index (χ0) is 13.8. The Balaban J connectivity index is 2.42. The summed E-state index contributed by atoms with van der Waals surface area (Å²) in [5, 5.41) is 3.42. The third-order valence-electron chi connectivity index (χ3n) is 2.91. The maximum atomic E-state index is 5.76. The molecule has 0 fully saturated rings. The van der Waals surface area contributed by atoms with Crippen LogP contribution in [0.5, 0.6) is 0 Å². The Bertz CT molecular complexity index is 611. The maximum absolute atomic E-state index is 5.76. The fraction of sp³-hybridized carbons (Fsp3) is 0.133. The van der Waals surface area contributed by atoms with E-state index in [1.807, 2.05) is 30.3 Å². The summed E-state index contributed by atoms with van der Waals surface area (Å²) in [6.07, 6.45) is 0.972. The first-order valence-electron chi connectivity index (χ1n) is 6.06. The number of nitrogens with two attached hydrogens (primary N) is 1. The lowest BCUT2D eigenvalue weighted by atomic mass is 10.1. The van der Waals surface area contributed by atoms with E-state index in [9.17, 15) is 0 Å². The van der Waals surface area contributed by atoms with Gasteiger partial charge in [0, 0.05) is 21.4 Å². The number of hydrogen-bond donors (Lipinski definition) is 2. The number of anilines is 2. The molecule has 2 aromatic carbocycles. The first kappa shape index (κ1) is 14.0. The zero-order valence-electron chi connectivity index (χ0n) is 10.6. The number of aryl methyl sites for hydroxylation is 1. The van der Waals surface area contributed by atoms with Crippen LogP contribution in [-0.2, 0) is 6.42 Å². The molecule has 0 aliphatic heterocycles. The van der Waals surface area contributed by atoms with Gasteiger partial charge in [-0.2, -0.15) is 0 Å². The van der Waals surface area contributed by atoms with Crippen molar-refractivity contribution in [3.63, 3.8) is 0 Å². The first-order valence-corrected chi connectivity index (χ1v) is 7.26. The number of para-hydroxylation sites is 1. The summed E-state index contributed by atoms with van der Waals surface area (Å²) >= 11 is 8.56. The van der Waals surface area contributed by atoms with E-state index in [-0.39, 0.29) is 0 Å². The van der Waals surface area contributed by atoms with E-state index in [1.54, 1.807) is 0 Å². The van der Waals surface area contributed by atoms with Crippen LogP contribution >= 0.6 is 28.1 Å². The standard InChI is InChI=1S/C15H15BrN2S/c1-2-10-5-3-4-6-13(10)18-14-9-11(16)7-8-12(14)15(17)19/h3-9,18H,2H2,1H3,(H2,17,19). The van der Waals surface area contributed by atoms with Crippen LogP contribution < -0.4 is 11.1 Å². The van der Waals surface area contributed by atoms with Crippen molar-refractivity contribution in [1.29, 1.82) is 0 Å². The van der Waals surface area contributed by atoms with E-state index in [0.717, 1.165) is 27.8 Å². The number of hydrogen-bond acceptors (Lipinski definition) is 2. The molecule has 0 saturated carbocycles. The molecule has 0 aromatic heterocycles. The number of rotatable bonds is 4. The molecule has 2 aromatic rings. The highest BCUT2D eigenvalue weighted by atomic mass is 79.9. The molecule has 0 unspecified atom stereocenters. The second-order valence-corrected chi connectivity index (χ2v) is 5.55. The molecule has 98 valence electrons. The summed E-state index contributed by atoms with van der Waals surface area (Å²) in [4.78, 5) is 0.393. The molecule has 0 amide bonds. The second-order valence-electron chi connectivity index (χ2n) is 4.19. The summed E-state index contributed by atoms with van der Waals surface area (Å²) in [7, 11) is 0. The van der Waals surface area contributed by atoms with Gasteiger partial charge in [-0.15, -0.1) is 0 Å². The fourth-order valence-corrected chi connectivity index (χ4v) is 2.47. The van der Waals surface area contributed by atoms with Crippen LogP contribution in [0.1, 0.15) is 18.1 Å². The minimum absolute atomic E-state index is 0.393. The molecule has 19 heavy (non-hydrogen) atoms. The Morgan fingerprint density at radius 1 is 1.21 bits per heavy atom. The number of halogens is 1. The van der Waals surface area contributed by atoms with Crippen molar-refractivity contribution in [3.05, 3.63) is 58.1 Å². The molecule has 4 heteroatoms. The van der Waals surface area contributed by atoms with Gasteiger partial charge < -0.3 is 11.1 Å². The SMILES string of the molecule is CCc1ccccc1Nc1cc(Br)ccc1C(N)=S. The molecular weight excluding hydrogens is 320 g/mol. The van der Waals surface area contributed by atoms with Crippen LogP contribution in [0.25, 0.3) is 0 Å². The number of benzene rings is 2. The van der Waals surface area contributed by atoms with Gasteiger partial charge in [-0.25, -0.2) is 0 Å². The van der Waals surface area contributed by atoms with Crippen LogP contribution in [0.4, 0.5) is 11.4 Å². The van der Waals surface area contributed by atoms with Gasteiger partial charge >= 0.3 is 0 Å². The summed E-state index contributed by atoms with van der Waals surface area (Å²) in [5.41, 5.74) is 9.88. The molecule has 0 saturated heterocycles. The maximum Gasteiger partial charge on any atom is 0.106 e. The molecule has 0 atom stereocenters. The van der Waals surface area contributed by atoms with Crippen LogP contribution in [0.2, 0.25) is 0 Å². The minimum Gasteiger partial charge on any atom is -0.389 e. The van der Waals surface area contributed by atoms with Gasteiger partial charge in [0.1, 0.15) is 4.99 Å². The van der Waals surface area contributed by atoms with Crippen molar-refractivity contribution in [2.75, 3.05) is 5.32 Å². The Labute approximate surface area is 127 Å². The molecule has 0 bridgehead atoms. The predicted octanol–water partition coefficient (Wildman–Crippen LogP) is 4.39. The van der Waals surface area contributed by atoms with Gasteiger partial charge in [-0.1, -0.05) is 53.3 Å². The van der Waals surface area contributed by atoms with Crippen LogP contribution in [0.15, 0.2) is 46.9 Å². The molecule has 0 aliphatic carbocycles. The van der Waals surface area contributed by atoms with Gasteiger partial charge in [-0.05, 0) is 36.2 Å². The molecule has 0 aliphatic rings. The average Bonchev–Trinajstić information content (AvgIpc) is 2.39. The van der Waals surface area contributed by atoms with Gasteiger partial charge in [0.2, 0.25) is 0 Å². The van der Waals surface area contributed by atoms with E-state index in [0.29, 0.717) is 4.99 Å². The molecule has 2 rings (SSSR count). The molecule has 0 spiro atoms. The summed E-state index contributed by atoms with van der Waals surface area (Å²) in [6.45, 7) is 2.13. The van der Waals surface area contributed by atoms with Gasteiger partial charge in [0.15, 0.2) is 0 Å². The van der Waals surface area contributed by atoms with E-state index in [2.05, 4.69) is 40.3 Å². The summed E-state index contributed by atoms with van der Waals surface area (Å²) in [5.74, 6) is 0. The Morgan fingerprint density at radius 3 is 2.63 bits per heavy atom. The van der Waals surface area contributed by atoms with Crippen molar-refractivity contribution >= 4 is 44.5 Å². The smallest absolute Gasteiger partial charge is 0.106 e. The second kappa shape index (κ2) is 6.17. The summed E-state index contributed by atoms with van der Waals surface area (Å²) < 4.78 is 0.990. The monoisotopic (exact) mass is 334 g/mol. The Kier molecular flexibility index (Phi) is 4.56. The topological polar surface area (TPSA) is 38.0 Å². The molecule has 0 heterocycles. The largest absolute Gasteiger partial charge is 0.389 e. The Hall–Kier alpha value is -1.39. The number of thiocarbonyl (C=S) groups is 1. The molecule has 3 N–H and O–H groups in total. The normalized spacial score (nSPS) is 10.2. The zero-order valence-corrected chi connectivity index (χ0v) is 13.0. The van der Waals surface area contributed by atoms with Crippen LogP contribution in [0, 0.1) is 0 Å². The third kappa shape index (κ3) is 3.33. The van der Waals surface area contributed by atoms with Crippen molar-refractivity contribution in [2.45, 2.75) is 13.3 Å². The van der Waals surface area contributed by atoms with Crippen molar-refractivity contribution in [3.8, 4) is 0 Å². The highest BCUT2D eigenvalue weighted by molar-refractivity contribution is 9.10. The summed E-state index contributed by atoms with van der Waals surface area (Å²) in [6, 6.07) is 14.1. The van der Waals surface area contributed by atoms with Crippen molar-refractivity contribution in [1.82, 2.24) is 0 Å². The third-order valence-corrected chi connectivity index (χ3v) is 3.63. The van der Waals surface area contributed by atoms with E-state index >= 15 is 0 Å². The highest BCUT2D eigenvalue weighted by Gasteiger charge is 2.08. The lowest BCUT2D eigenvalue weighted by molar-refractivity contribution is 1.14. The van der Waals surface area contributed by atoms with Crippen molar-refractivity contribution in [2.24, 2.45) is 5.73 Å². The van der Waals surface area contributed by atoms with E-state index in [4.69, 9.17) is 18.0 Å². The van der Waals surface area contributed by atoms with E-state index in [1.165, 1.54) is 5.56 Å². The lowest BCUT2D eigenvalue weighted by Crippen LogP contribution is -2.12. The van der Waals surface area contributed by atoms with Gasteiger partial charge in [-0.3, -0.25) is 0 Å². The lowest BCUT2D eigenvalue weighted by Gasteiger charge is -2.14. The number of nitrogens with one attached hydrogen (secondary N) is 1. The quantitative estimate of drug-likeness (QED) is 0.814. The fourth-order valence-electron chi connectivity index (χ4n) is 1.93. The molecule has 2 nitrogen and oxygen atoms in total. The van der Waals surface area contributed by atoms with Crippen molar-refractivity contribution < 1.29 is 0 Å². The highest BCUT2D eigenvalue weighted by Crippen LogP contribution is 2.27. The molecule has 0 radical (unpaired) electrons. The van der Waals surface area contributed by atoms with Gasteiger partial charge in [0.25, 0.3) is 0 Å². The molecular formula is C15H15BrN2S. The van der Waals surface area contributed by atoms with Crippen LogP contribution in [0.3, 0.4) is 0 Å². The average molecular weight is 335 g/mol.